The minimum absolute atomic E-state index is 0.220. The first-order valence-electron chi connectivity index (χ1n) is 2.13. The van der Waals surface area contributed by atoms with Crippen molar-refractivity contribution in [3.8, 4) is 0 Å². The molecule has 0 aliphatic heterocycles. The highest BCUT2D eigenvalue weighted by atomic mass is 35.5. The van der Waals surface area contributed by atoms with Gasteiger partial charge in [-0.2, -0.15) is 0 Å². The van der Waals surface area contributed by atoms with Crippen LogP contribution in [0.1, 0.15) is 0 Å². The van der Waals surface area contributed by atoms with E-state index in [0.29, 0.717) is 12.2 Å². The molecule has 0 amide bonds. The Balaban J connectivity index is 3.35. The molecule has 0 fully saturated rings. The van der Waals surface area contributed by atoms with Gasteiger partial charge in [0.25, 0.3) is 0 Å². The monoisotopic (exact) mass is 152 g/mol. The number of carbonyl (C=O) groups excluding carboxylic acids is 1. The van der Waals surface area contributed by atoms with Crippen molar-refractivity contribution in [2.24, 2.45) is 0 Å². The Labute approximate surface area is 58.3 Å². The molecule has 1 unspecified atom stereocenters. The Kier molecular flexibility index (Phi) is 5.13. The molecule has 46 valence electrons. The van der Waals surface area contributed by atoms with Gasteiger partial charge in [-0.1, -0.05) is 6.08 Å². The first-order chi connectivity index (χ1) is 3.81. The van der Waals surface area contributed by atoms with Crippen LogP contribution in [-0.2, 0) is 4.79 Å². The molecule has 0 N–H and O–H groups in total. The number of allylic oxidation sites excluding steroid dienone is 2. The van der Waals surface area contributed by atoms with E-state index < -0.39 is 0 Å². The number of rotatable bonds is 3. The van der Waals surface area contributed by atoms with Crippen LogP contribution in [-0.4, -0.2) is 17.5 Å². The van der Waals surface area contributed by atoms with Crippen molar-refractivity contribution < 1.29 is 4.79 Å². The summed E-state index contributed by atoms with van der Waals surface area (Å²) in [7, 11) is 0. The molecule has 0 spiro atoms. The Morgan fingerprint density at radius 3 is 2.62 bits per heavy atom. The fourth-order valence-corrected chi connectivity index (χ4v) is 0.404. The van der Waals surface area contributed by atoms with Crippen LogP contribution in [0.3, 0.4) is 0 Å². The normalized spacial score (nSPS) is 14.2. The van der Waals surface area contributed by atoms with E-state index in [1.165, 1.54) is 6.08 Å². The molecule has 1 nitrogen and oxygen atoms in total. The molecule has 0 aromatic heterocycles. The average molecular weight is 153 g/mol. The molecular weight excluding hydrogens is 147 g/mol. The van der Waals surface area contributed by atoms with Gasteiger partial charge in [0, 0.05) is 5.88 Å². The van der Waals surface area contributed by atoms with Crippen LogP contribution in [0.25, 0.3) is 0 Å². The summed E-state index contributed by atoms with van der Waals surface area (Å²) < 4.78 is 0. The lowest BCUT2D eigenvalue weighted by molar-refractivity contribution is -0.104. The molecule has 8 heavy (non-hydrogen) atoms. The van der Waals surface area contributed by atoms with Crippen molar-refractivity contribution in [1.82, 2.24) is 0 Å². The number of hydrogen-bond donors (Lipinski definition) is 0. The molecule has 3 heteroatoms. The standard InChI is InChI=1S/C5H6Cl2O/c6-4-5(7)2-1-3-8/h1-3,5H,4H2/b2-1+. The van der Waals surface area contributed by atoms with Gasteiger partial charge < -0.3 is 0 Å². The van der Waals surface area contributed by atoms with E-state index >= 15 is 0 Å². The average Bonchev–Trinajstić information content (AvgIpc) is 1.83. The summed E-state index contributed by atoms with van der Waals surface area (Å²) in [6.45, 7) is 0. The molecule has 0 bridgehead atoms. The van der Waals surface area contributed by atoms with E-state index in [9.17, 15) is 4.79 Å². The highest BCUT2D eigenvalue weighted by Gasteiger charge is 1.92. The van der Waals surface area contributed by atoms with E-state index in [-0.39, 0.29) is 5.38 Å². The van der Waals surface area contributed by atoms with Crippen molar-refractivity contribution >= 4 is 29.5 Å². The summed E-state index contributed by atoms with van der Waals surface area (Å²) in [5.74, 6) is 0.339. The Hall–Kier alpha value is -0.0100. The second-order valence-electron chi connectivity index (χ2n) is 1.19. The second kappa shape index (κ2) is 5.13. The van der Waals surface area contributed by atoms with Crippen molar-refractivity contribution in [1.29, 1.82) is 0 Å². The van der Waals surface area contributed by atoms with Crippen LogP contribution in [0.5, 0.6) is 0 Å². The lowest BCUT2D eigenvalue weighted by atomic mass is 10.4. The first kappa shape index (κ1) is 7.99. The van der Waals surface area contributed by atoms with Crippen molar-refractivity contribution in [2.75, 3.05) is 5.88 Å². The summed E-state index contributed by atoms with van der Waals surface area (Å²) >= 11 is 10.8. The Bertz CT molecular complexity index is 90.4. The van der Waals surface area contributed by atoms with Crippen LogP contribution in [0, 0.1) is 0 Å². The minimum Gasteiger partial charge on any atom is -0.299 e. The van der Waals surface area contributed by atoms with Gasteiger partial charge in [-0.25, -0.2) is 0 Å². The maximum absolute atomic E-state index is 9.64. The van der Waals surface area contributed by atoms with Crippen LogP contribution in [0.2, 0.25) is 0 Å². The number of carbonyl (C=O) groups is 1. The lowest BCUT2D eigenvalue weighted by Gasteiger charge is -1.90. The molecular formula is C5H6Cl2O. The molecule has 0 heterocycles. The van der Waals surface area contributed by atoms with E-state index in [0.717, 1.165) is 0 Å². The predicted molar refractivity (Wildman–Crippen MR) is 35.6 cm³/mol. The fraction of sp³-hybridized carbons (Fsp3) is 0.400. The van der Waals surface area contributed by atoms with Gasteiger partial charge in [0.2, 0.25) is 0 Å². The smallest absolute Gasteiger partial charge is 0.142 e. The zero-order chi connectivity index (χ0) is 6.41. The molecule has 0 aliphatic carbocycles. The number of hydrogen-bond acceptors (Lipinski definition) is 1. The zero-order valence-electron chi connectivity index (χ0n) is 4.18. The minimum atomic E-state index is -0.220. The lowest BCUT2D eigenvalue weighted by Crippen LogP contribution is -1.92. The van der Waals surface area contributed by atoms with Gasteiger partial charge >= 0.3 is 0 Å². The largest absolute Gasteiger partial charge is 0.299 e. The molecule has 0 rings (SSSR count). The highest BCUT2D eigenvalue weighted by molar-refractivity contribution is 6.29. The predicted octanol–water partition coefficient (Wildman–Crippen LogP) is 1.59. The van der Waals surface area contributed by atoms with Gasteiger partial charge in [-0.3, -0.25) is 4.79 Å². The topological polar surface area (TPSA) is 17.1 Å². The maximum atomic E-state index is 9.64. The number of alkyl halides is 2. The summed E-state index contributed by atoms with van der Waals surface area (Å²) in [5.41, 5.74) is 0. The molecule has 1 atom stereocenters. The van der Waals surface area contributed by atoms with E-state index in [2.05, 4.69) is 0 Å². The molecule has 0 saturated heterocycles. The molecule has 0 aromatic carbocycles. The van der Waals surface area contributed by atoms with E-state index in [1.54, 1.807) is 6.08 Å². The quantitative estimate of drug-likeness (QED) is 0.341. The van der Waals surface area contributed by atoms with Crippen LogP contribution in [0.4, 0.5) is 0 Å². The SMILES string of the molecule is O=C/C=C/C(Cl)CCl. The maximum Gasteiger partial charge on any atom is 0.142 e. The third kappa shape index (κ3) is 4.16. The highest BCUT2D eigenvalue weighted by Crippen LogP contribution is 1.98. The van der Waals surface area contributed by atoms with E-state index in [1.807, 2.05) is 0 Å². The summed E-state index contributed by atoms with van der Waals surface area (Å²) in [5, 5.41) is -0.220. The third-order valence-electron chi connectivity index (χ3n) is 0.546. The molecule has 0 aromatic rings. The molecule has 0 radical (unpaired) electrons. The first-order valence-corrected chi connectivity index (χ1v) is 3.10. The van der Waals surface area contributed by atoms with Crippen molar-refractivity contribution in [2.45, 2.75) is 5.38 Å². The van der Waals surface area contributed by atoms with Crippen LogP contribution >= 0.6 is 23.2 Å². The van der Waals surface area contributed by atoms with Gasteiger partial charge in [-0.05, 0) is 6.08 Å². The van der Waals surface area contributed by atoms with Crippen molar-refractivity contribution in [3.05, 3.63) is 12.2 Å². The van der Waals surface area contributed by atoms with Gasteiger partial charge in [0.15, 0.2) is 0 Å². The van der Waals surface area contributed by atoms with Crippen LogP contribution < -0.4 is 0 Å². The number of aldehydes is 1. The third-order valence-corrected chi connectivity index (χ3v) is 1.34. The Morgan fingerprint density at radius 2 is 2.25 bits per heavy atom. The van der Waals surface area contributed by atoms with Gasteiger partial charge in [-0.15, -0.1) is 23.2 Å². The molecule has 0 saturated carbocycles. The van der Waals surface area contributed by atoms with Crippen molar-refractivity contribution in [3.63, 3.8) is 0 Å². The summed E-state index contributed by atoms with van der Waals surface area (Å²) in [6, 6.07) is 0. The Morgan fingerprint density at radius 1 is 1.62 bits per heavy atom. The zero-order valence-corrected chi connectivity index (χ0v) is 5.69. The second-order valence-corrected chi connectivity index (χ2v) is 2.06. The summed E-state index contributed by atoms with van der Waals surface area (Å²) in [6.07, 6.45) is 3.55. The van der Waals surface area contributed by atoms with E-state index in [4.69, 9.17) is 23.2 Å². The van der Waals surface area contributed by atoms with Crippen LogP contribution in [0.15, 0.2) is 12.2 Å². The fourth-order valence-electron chi connectivity index (χ4n) is 0.217. The van der Waals surface area contributed by atoms with Gasteiger partial charge in [0.1, 0.15) is 6.29 Å². The molecule has 0 aliphatic rings. The van der Waals surface area contributed by atoms with Gasteiger partial charge in [0.05, 0.1) is 5.38 Å². The summed E-state index contributed by atoms with van der Waals surface area (Å²) in [4.78, 5) is 9.64. The number of halogens is 2.